The van der Waals surface area contributed by atoms with Crippen LogP contribution >= 0.6 is 23.8 Å². The van der Waals surface area contributed by atoms with E-state index in [9.17, 15) is 0 Å². The SMILES string of the molecule is S=C1N[C@@H](c2ccccn2)[C@H](c2cccn2-c2cccc(Cl)c2)N1Cc1ccco1. The summed E-state index contributed by atoms with van der Waals surface area (Å²) in [6.45, 7) is 0.563. The molecule has 0 saturated carbocycles. The van der Waals surface area contributed by atoms with E-state index in [4.69, 9.17) is 28.2 Å². The van der Waals surface area contributed by atoms with Gasteiger partial charge in [0.2, 0.25) is 0 Å². The minimum Gasteiger partial charge on any atom is -0.467 e. The van der Waals surface area contributed by atoms with Crippen molar-refractivity contribution in [1.82, 2.24) is 19.8 Å². The molecule has 1 saturated heterocycles. The summed E-state index contributed by atoms with van der Waals surface area (Å²) in [5.74, 6) is 0.853. The molecule has 5 rings (SSSR count). The molecule has 2 atom stereocenters. The molecule has 0 aliphatic carbocycles. The van der Waals surface area contributed by atoms with Crippen molar-refractivity contribution in [3.63, 3.8) is 0 Å². The van der Waals surface area contributed by atoms with Crippen LogP contribution in [0, 0.1) is 0 Å². The van der Waals surface area contributed by atoms with E-state index in [1.54, 1.807) is 6.26 Å². The summed E-state index contributed by atoms with van der Waals surface area (Å²) >= 11 is 12.0. The molecule has 1 aliphatic heterocycles. The summed E-state index contributed by atoms with van der Waals surface area (Å²) in [6.07, 6.45) is 5.53. The number of benzene rings is 1. The van der Waals surface area contributed by atoms with Gasteiger partial charge in [0.05, 0.1) is 30.6 Å². The van der Waals surface area contributed by atoms with E-state index in [-0.39, 0.29) is 12.1 Å². The van der Waals surface area contributed by atoms with Gasteiger partial charge in [-0.3, -0.25) is 4.98 Å². The number of nitrogens with one attached hydrogen (secondary N) is 1. The number of halogens is 1. The molecule has 0 unspecified atom stereocenters. The average Bonchev–Trinajstić information content (AvgIpc) is 3.50. The Hall–Kier alpha value is -3.09. The van der Waals surface area contributed by atoms with E-state index in [0.717, 1.165) is 22.8 Å². The number of thiocarbonyl (C=S) groups is 1. The molecule has 1 aromatic carbocycles. The van der Waals surface area contributed by atoms with Crippen molar-refractivity contribution in [1.29, 1.82) is 0 Å². The van der Waals surface area contributed by atoms with E-state index >= 15 is 0 Å². The second-order valence-corrected chi connectivity index (χ2v) is 7.94. The summed E-state index contributed by atoms with van der Waals surface area (Å²) < 4.78 is 7.76. The van der Waals surface area contributed by atoms with Gasteiger partial charge in [-0.25, -0.2) is 0 Å². The lowest BCUT2D eigenvalue weighted by atomic mass is 10.0. The van der Waals surface area contributed by atoms with Gasteiger partial charge in [-0.2, -0.15) is 0 Å². The Morgan fingerprint density at radius 2 is 2.00 bits per heavy atom. The molecule has 4 heterocycles. The van der Waals surface area contributed by atoms with E-state index in [2.05, 4.69) is 25.8 Å². The van der Waals surface area contributed by atoms with Crippen molar-refractivity contribution >= 4 is 28.9 Å². The van der Waals surface area contributed by atoms with Crippen LogP contribution in [0.1, 0.15) is 29.2 Å². The van der Waals surface area contributed by atoms with Crippen LogP contribution in [0.3, 0.4) is 0 Å². The second-order valence-electron chi connectivity index (χ2n) is 7.12. The lowest BCUT2D eigenvalue weighted by molar-refractivity contribution is 0.280. The molecule has 30 heavy (non-hydrogen) atoms. The first-order valence-electron chi connectivity index (χ1n) is 9.64. The Morgan fingerprint density at radius 1 is 1.07 bits per heavy atom. The number of rotatable bonds is 5. The number of nitrogens with zero attached hydrogens (tertiary/aromatic N) is 3. The van der Waals surface area contributed by atoms with Crippen LogP contribution in [0.4, 0.5) is 0 Å². The lowest BCUT2D eigenvalue weighted by Crippen LogP contribution is -2.29. The van der Waals surface area contributed by atoms with Crippen molar-refractivity contribution < 1.29 is 4.42 Å². The molecule has 4 aromatic rings. The Balaban J connectivity index is 1.61. The molecule has 5 nitrogen and oxygen atoms in total. The zero-order valence-corrected chi connectivity index (χ0v) is 17.6. The highest BCUT2D eigenvalue weighted by Gasteiger charge is 2.41. The number of aromatic nitrogens is 2. The molecule has 3 aromatic heterocycles. The quantitative estimate of drug-likeness (QED) is 0.432. The zero-order valence-electron chi connectivity index (χ0n) is 16.0. The van der Waals surface area contributed by atoms with Crippen LogP contribution in [-0.2, 0) is 6.54 Å². The van der Waals surface area contributed by atoms with Crippen LogP contribution in [0.15, 0.2) is 89.8 Å². The first kappa shape index (κ1) is 18.9. The fraction of sp³-hybridized carbons (Fsp3) is 0.130. The Morgan fingerprint density at radius 3 is 2.77 bits per heavy atom. The van der Waals surface area contributed by atoms with Crippen LogP contribution in [-0.4, -0.2) is 19.6 Å². The van der Waals surface area contributed by atoms with Crippen molar-refractivity contribution in [3.8, 4) is 5.69 Å². The summed E-state index contributed by atoms with van der Waals surface area (Å²) in [5.41, 5.74) is 3.02. The van der Waals surface area contributed by atoms with E-state index in [1.807, 2.05) is 73.1 Å². The van der Waals surface area contributed by atoms with Gasteiger partial charge in [-0.05, 0) is 66.8 Å². The highest BCUT2D eigenvalue weighted by atomic mass is 35.5. The molecule has 1 N–H and O–H groups in total. The Labute approximate surface area is 184 Å². The maximum absolute atomic E-state index is 6.27. The fourth-order valence-corrected chi connectivity index (χ4v) is 4.45. The van der Waals surface area contributed by atoms with Gasteiger partial charge in [0.1, 0.15) is 5.76 Å². The molecule has 1 aliphatic rings. The van der Waals surface area contributed by atoms with Crippen LogP contribution < -0.4 is 5.32 Å². The molecule has 0 amide bonds. The standard InChI is InChI=1S/C23H19ClN4OS/c24-16-6-3-7-17(14-16)27-12-4-10-20(27)22-21(19-9-1-2-11-25-19)26-23(30)28(22)15-18-8-5-13-29-18/h1-14,21-22H,15H2,(H,26,30)/t21-,22-/m0/s1. The fourth-order valence-electron chi connectivity index (χ4n) is 3.96. The van der Waals surface area contributed by atoms with E-state index < -0.39 is 0 Å². The largest absolute Gasteiger partial charge is 0.467 e. The van der Waals surface area contributed by atoms with E-state index in [1.165, 1.54) is 0 Å². The topological polar surface area (TPSA) is 46.2 Å². The molecule has 0 radical (unpaired) electrons. The molecule has 1 fully saturated rings. The van der Waals surface area contributed by atoms with Gasteiger partial charge in [-0.1, -0.05) is 23.7 Å². The molecular weight excluding hydrogens is 416 g/mol. The molecule has 0 bridgehead atoms. The van der Waals surface area contributed by atoms with Crippen LogP contribution in [0.5, 0.6) is 0 Å². The normalized spacial score (nSPS) is 18.6. The summed E-state index contributed by atoms with van der Waals surface area (Å²) in [4.78, 5) is 6.76. The van der Waals surface area contributed by atoms with Crippen LogP contribution in [0.25, 0.3) is 5.69 Å². The monoisotopic (exact) mass is 434 g/mol. The van der Waals surface area contributed by atoms with Crippen molar-refractivity contribution in [2.24, 2.45) is 0 Å². The minimum absolute atomic E-state index is 0.0773. The average molecular weight is 435 g/mol. The lowest BCUT2D eigenvalue weighted by Gasteiger charge is -2.28. The van der Waals surface area contributed by atoms with Gasteiger partial charge >= 0.3 is 0 Å². The minimum atomic E-state index is -0.0958. The molecule has 7 heteroatoms. The second kappa shape index (κ2) is 7.97. The summed E-state index contributed by atoms with van der Waals surface area (Å²) in [6, 6.07) is 21.6. The number of furan rings is 1. The van der Waals surface area contributed by atoms with Crippen molar-refractivity contribution in [2.45, 2.75) is 18.6 Å². The van der Waals surface area contributed by atoms with Gasteiger partial charge in [-0.15, -0.1) is 0 Å². The summed E-state index contributed by atoms with van der Waals surface area (Å²) in [5, 5.41) is 4.84. The first-order chi connectivity index (χ1) is 14.7. The third kappa shape index (κ3) is 3.49. The van der Waals surface area contributed by atoms with Crippen molar-refractivity contribution in [2.75, 3.05) is 0 Å². The first-order valence-corrected chi connectivity index (χ1v) is 10.4. The van der Waals surface area contributed by atoms with Gasteiger partial charge in [0.15, 0.2) is 5.11 Å². The maximum Gasteiger partial charge on any atom is 0.170 e. The van der Waals surface area contributed by atoms with Crippen molar-refractivity contribution in [3.05, 3.63) is 108 Å². The number of hydrogen-bond acceptors (Lipinski definition) is 3. The zero-order chi connectivity index (χ0) is 20.5. The predicted octanol–water partition coefficient (Wildman–Crippen LogP) is 5.29. The van der Waals surface area contributed by atoms with Gasteiger partial charge in [0, 0.05) is 28.8 Å². The third-order valence-corrected chi connectivity index (χ3v) is 5.86. The highest BCUT2D eigenvalue weighted by Crippen LogP contribution is 2.40. The molecule has 150 valence electrons. The highest BCUT2D eigenvalue weighted by molar-refractivity contribution is 7.80. The molecular formula is C23H19ClN4OS. The van der Waals surface area contributed by atoms with Gasteiger partial charge in [0.25, 0.3) is 0 Å². The predicted molar refractivity (Wildman–Crippen MR) is 120 cm³/mol. The Bertz CT molecular complexity index is 1160. The number of hydrogen-bond donors (Lipinski definition) is 1. The Kier molecular flexibility index (Phi) is 5.02. The summed E-state index contributed by atoms with van der Waals surface area (Å²) in [7, 11) is 0. The smallest absolute Gasteiger partial charge is 0.170 e. The third-order valence-electron chi connectivity index (χ3n) is 5.27. The maximum atomic E-state index is 6.27. The van der Waals surface area contributed by atoms with Gasteiger partial charge < -0.3 is 19.2 Å². The number of pyridine rings is 1. The van der Waals surface area contributed by atoms with E-state index in [0.29, 0.717) is 16.7 Å². The van der Waals surface area contributed by atoms with Crippen LogP contribution in [0.2, 0.25) is 5.02 Å². The molecule has 0 spiro atoms.